The molecule has 0 unspecified atom stereocenters. The topological polar surface area (TPSA) is 140 Å². The van der Waals surface area contributed by atoms with Gasteiger partial charge in [0, 0.05) is 30.4 Å². The highest BCUT2D eigenvalue weighted by Gasteiger charge is 2.17. The fourth-order valence-corrected chi connectivity index (χ4v) is 3.60. The van der Waals surface area contributed by atoms with E-state index in [1.165, 1.54) is 0 Å². The number of aromatic amines is 2. The van der Waals surface area contributed by atoms with Crippen LogP contribution in [-0.4, -0.2) is 44.7 Å². The number of rotatable bonds is 3. The van der Waals surface area contributed by atoms with Crippen LogP contribution in [0.2, 0.25) is 0 Å². The van der Waals surface area contributed by atoms with E-state index in [9.17, 15) is 0 Å². The van der Waals surface area contributed by atoms with Crippen LogP contribution in [0.25, 0.3) is 50.7 Å². The van der Waals surface area contributed by atoms with Crippen molar-refractivity contribution in [2.45, 2.75) is 6.92 Å². The van der Waals surface area contributed by atoms with Crippen LogP contribution in [0.15, 0.2) is 55.4 Å². The lowest BCUT2D eigenvalue weighted by atomic mass is 10.1. The zero-order valence-corrected chi connectivity index (χ0v) is 16.4. The van der Waals surface area contributed by atoms with Crippen molar-refractivity contribution >= 4 is 27.9 Å². The van der Waals surface area contributed by atoms with Crippen LogP contribution in [-0.2, 0) is 0 Å². The largest absolute Gasteiger partial charge is 0.397 e. The van der Waals surface area contributed by atoms with Crippen LogP contribution in [0.3, 0.4) is 0 Å². The Bertz CT molecular complexity index is 1570. The maximum Gasteiger partial charge on any atom is 0.180 e. The number of hydrogen-bond acceptors (Lipinski definition) is 7. The molecule has 0 aliphatic rings. The third kappa shape index (κ3) is 2.81. The smallest absolute Gasteiger partial charge is 0.180 e. The number of H-pyrrole nitrogens is 2. The Hall–Kier alpha value is -4.60. The van der Waals surface area contributed by atoms with E-state index in [4.69, 9.17) is 10.7 Å². The number of fused-ring (bicyclic) bond motifs is 2. The van der Waals surface area contributed by atoms with E-state index in [-0.39, 0.29) is 0 Å². The first-order chi connectivity index (χ1) is 15.2. The van der Waals surface area contributed by atoms with Crippen molar-refractivity contribution in [2.75, 3.05) is 5.73 Å². The minimum absolute atomic E-state index is 0.577. The third-order valence-electron chi connectivity index (χ3n) is 5.05. The van der Waals surface area contributed by atoms with Gasteiger partial charge in [-0.25, -0.2) is 19.9 Å². The fraction of sp³-hybridized carbons (Fsp3) is 0.0476. The maximum absolute atomic E-state index is 5.88. The summed E-state index contributed by atoms with van der Waals surface area (Å²) in [5, 5.41) is 7.47. The Balaban J connectivity index is 1.51. The molecule has 0 spiro atoms. The maximum atomic E-state index is 5.88. The summed E-state index contributed by atoms with van der Waals surface area (Å²) >= 11 is 0. The van der Waals surface area contributed by atoms with Crippen LogP contribution in [0.5, 0.6) is 0 Å². The molecule has 0 aromatic carbocycles. The molecule has 150 valence electrons. The molecule has 31 heavy (non-hydrogen) atoms. The van der Waals surface area contributed by atoms with Crippen molar-refractivity contribution in [3.8, 4) is 28.5 Å². The lowest BCUT2D eigenvalue weighted by Gasteiger charge is -2.02. The molecule has 0 saturated heterocycles. The van der Waals surface area contributed by atoms with Crippen LogP contribution in [0, 0.1) is 6.92 Å². The number of nitrogens with one attached hydrogen (secondary N) is 2. The van der Waals surface area contributed by atoms with E-state index >= 15 is 0 Å². The zero-order valence-electron chi connectivity index (χ0n) is 16.4. The summed E-state index contributed by atoms with van der Waals surface area (Å²) in [6.45, 7) is 1.95. The van der Waals surface area contributed by atoms with E-state index in [1.807, 2.05) is 42.0 Å². The Morgan fingerprint density at radius 2 is 2.00 bits per heavy atom. The number of anilines is 1. The van der Waals surface area contributed by atoms with Crippen molar-refractivity contribution < 1.29 is 0 Å². The summed E-state index contributed by atoms with van der Waals surface area (Å²) in [6.07, 6.45) is 8.78. The van der Waals surface area contributed by atoms with Gasteiger partial charge in [0.25, 0.3) is 0 Å². The van der Waals surface area contributed by atoms with E-state index < -0.39 is 0 Å². The minimum Gasteiger partial charge on any atom is -0.397 e. The van der Waals surface area contributed by atoms with Gasteiger partial charge in [0.05, 0.1) is 34.6 Å². The molecule has 4 N–H and O–H groups in total. The number of nitrogens with two attached hydrogens (primary N) is 1. The quantitative estimate of drug-likeness (QED) is 0.409. The second-order valence-electron chi connectivity index (χ2n) is 7.21. The first-order valence-electron chi connectivity index (χ1n) is 9.58. The second kappa shape index (κ2) is 6.46. The lowest BCUT2D eigenvalue weighted by Crippen LogP contribution is -1.92. The molecule has 0 amide bonds. The predicted molar refractivity (Wildman–Crippen MR) is 116 cm³/mol. The average Bonchev–Trinajstić information content (AvgIpc) is 3.50. The fourth-order valence-electron chi connectivity index (χ4n) is 3.60. The van der Waals surface area contributed by atoms with Crippen LogP contribution < -0.4 is 5.73 Å². The number of hydrogen-bond donors (Lipinski definition) is 3. The summed E-state index contributed by atoms with van der Waals surface area (Å²) in [4.78, 5) is 25.7. The van der Waals surface area contributed by atoms with Gasteiger partial charge in [-0.2, -0.15) is 5.10 Å². The van der Waals surface area contributed by atoms with Crippen LogP contribution in [0.4, 0.5) is 5.69 Å². The number of nitrogen functional groups attached to an aromatic ring is 1. The van der Waals surface area contributed by atoms with Gasteiger partial charge < -0.3 is 15.3 Å². The Morgan fingerprint density at radius 1 is 1.06 bits per heavy atom. The molecule has 0 atom stereocenters. The highest BCUT2D eigenvalue weighted by atomic mass is 15.2. The molecular weight excluding hydrogens is 392 g/mol. The molecule has 0 bridgehead atoms. The van der Waals surface area contributed by atoms with Gasteiger partial charge in [0.1, 0.15) is 11.0 Å². The van der Waals surface area contributed by atoms with E-state index in [2.05, 4.69) is 35.1 Å². The van der Waals surface area contributed by atoms with Gasteiger partial charge in [-0.15, -0.1) is 0 Å². The van der Waals surface area contributed by atoms with Crippen molar-refractivity contribution in [2.24, 2.45) is 0 Å². The molecule has 0 radical (unpaired) electrons. The van der Waals surface area contributed by atoms with Gasteiger partial charge in [-0.1, -0.05) is 0 Å². The highest BCUT2D eigenvalue weighted by Crippen LogP contribution is 2.29. The van der Waals surface area contributed by atoms with Gasteiger partial charge in [0.2, 0.25) is 0 Å². The molecule has 6 rings (SSSR count). The number of aromatic nitrogens is 9. The van der Waals surface area contributed by atoms with E-state index in [1.54, 1.807) is 24.9 Å². The molecule has 0 aliphatic carbocycles. The molecule has 0 aliphatic heterocycles. The summed E-state index contributed by atoms with van der Waals surface area (Å²) < 4.78 is 1.94. The zero-order chi connectivity index (χ0) is 20.9. The van der Waals surface area contributed by atoms with E-state index in [0.717, 1.165) is 33.7 Å². The van der Waals surface area contributed by atoms with Crippen molar-refractivity contribution in [1.29, 1.82) is 0 Å². The first-order valence-corrected chi connectivity index (χ1v) is 9.58. The second-order valence-corrected chi connectivity index (χ2v) is 7.21. The first kappa shape index (κ1) is 17.3. The molecule has 0 fully saturated rings. The number of imidazole rings is 2. The van der Waals surface area contributed by atoms with Crippen LogP contribution >= 0.6 is 0 Å². The van der Waals surface area contributed by atoms with Crippen molar-refractivity contribution in [3.05, 3.63) is 61.1 Å². The Kier molecular flexibility index (Phi) is 3.60. The summed E-state index contributed by atoms with van der Waals surface area (Å²) in [7, 11) is 0. The molecule has 6 aromatic rings. The van der Waals surface area contributed by atoms with Gasteiger partial charge in [-0.3, -0.25) is 10.1 Å². The van der Waals surface area contributed by atoms with Crippen LogP contribution in [0.1, 0.15) is 5.69 Å². The molecule has 6 aromatic heterocycles. The summed E-state index contributed by atoms with van der Waals surface area (Å²) in [5.41, 5.74) is 13.4. The Labute approximate surface area is 175 Å². The molecule has 6 heterocycles. The number of nitrogens with zero attached hydrogens (tertiary/aromatic N) is 7. The predicted octanol–water partition coefficient (Wildman–Crippen LogP) is 3.03. The van der Waals surface area contributed by atoms with Crippen molar-refractivity contribution in [1.82, 2.24) is 44.7 Å². The summed E-state index contributed by atoms with van der Waals surface area (Å²) in [6, 6.07) is 7.58. The van der Waals surface area contributed by atoms with Gasteiger partial charge >= 0.3 is 0 Å². The van der Waals surface area contributed by atoms with E-state index in [0.29, 0.717) is 28.4 Å². The molecular formula is C21H16N10. The average molecular weight is 408 g/mol. The monoisotopic (exact) mass is 408 g/mol. The third-order valence-corrected chi connectivity index (χ3v) is 5.05. The van der Waals surface area contributed by atoms with Crippen molar-refractivity contribution in [3.63, 3.8) is 0 Å². The summed E-state index contributed by atoms with van der Waals surface area (Å²) in [5.74, 6) is 0.577. The van der Waals surface area contributed by atoms with Gasteiger partial charge in [0.15, 0.2) is 17.2 Å². The minimum atomic E-state index is 0.577. The number of pyridine rings is 3. The Morgan fingerprint density at radius 3 is 2.84 bits per heavy atom. The molecule has 0 saturated carbocycles. The SMILES string of the molecule is Cc1cn(-c2ccnc3nc(-c4n[nH]c5ccc(-c6cncc(N)c6)nc45)[nH]c23)cn1. The number of aryl methyl sites for hydroxylation is 1. The van der Waals surface area contributed by atoms with Gasteiger partial charge in [-0.05, 0) is 31.2 Å². The molecule has 10 nitrogen and oxygen atoms in total. The normalized spacial score (nSPS) is 11.5. The highest BCUT2D eigenvalue weighted by molar-refractivity contribution is 5.92. The molecule has 10 heteroatoms. The lowest BCUT2D eigenvalue weighted by molar-refractivity contribution is 1.06. The standard InChI is InChI=1S/C21H16N10/c1-11-9-31(10-25-11)16-4-5-24-20-18(16)27-21(28-20)19-17-15(29-30-19)3-2-14(26-17)12-6-13(22)8-23-7-12/h2-10H,22H2,1H3,(H,29,30)(H,24,27,28).